The average molecular weight is 351 g/mol. The monoisotopic (exact) mass is 350 g/mol. The predicted octanol–water partition coefficient (Wildman–Crippen LogP) is 2.99. The summed E-state index contributed by atoms with van der Waals surface area (Å²) in [6.07, 6.45) is -4.03. The number of rotatable bonds is 3. The number of nitrogens with two attached hydrogens (primary N) is 1. The van der Waals surface area contributed by atoms with Crippen molar-refractivity contribution in [1.82, 2.24) is 14.8 Å². The fraction of sp³-hybridized carbons (Fsp3) is 0.250. The van der Waals surface area contributed by atoms with E-state index < -0.39 is 17.8 Å². The van der Waals surface area contributed by atoms with Crippen LogP contribution in [0.25, 0.3) is 0 Å². The minimum Gasteiger partial charge on any atom is -0.490 e. The van der Waals surface area contributed by atoms with E-state index in [0.717, 1.165) is 4.68 Å². The van der Waals surface area contributed by atoms with Crippen molar-refractivity contribution in [3.8, 4) is 17.5 Å². The summed E-state index contributed by atoms with van der Waals surface area (Å²) in [6.45, 7) is 1.49. The Labute approximate surface area is 132 Å². The summed E-state index contributed by atoms with van der Waals surface area (Å²) in [6, 6.07) is -0.226. The van der Waals surface area contributed by atoms with E-state index in [1.807, 2.05) is 0 Å². The summed E-state index contributed by atoms with van der Waals surface area (Å²) in [5.74, 6) is -0.466. The van der Waals surface area contributed by atoms with Gasteiger partial charge in [-0.25, -0.2) is 9.78 Å². The molecule has 124 valence electrons. The van der Waals surface area contributed by atoms with Crippen LogP contribution in [0, 0.1) is 6.92 Å². The van der Waals surface area contributed by atoms with Gasteiger partial charge in [0.15, 0.2) is 0 Å². The van der Waals surface area contributed by atoms with E-state index in [4.69, 9.17) is 26.8 Å². The van der Waals surface area contributed by atoms with E-state index in [1.54, 1.807) is 0 Å². The summed E-state index contributed by atoms with van der Waals surface area (Å²) in [5, 5.41) is 3.38. The van der Waals surface area contributed by atoms with Crippen molar-refractivity contribution in [3.05, 3.63) is 28.5 Å². The maximum Gasteiger partial charge on any atom is 0.417 e. The van der Waals surface area contributed by atoms with Crippen molar-refractivity contribution in [3.63, 3.8) is 0 Å². The van der Waals surface area contributed by atoms with Crippen LogP contribution in [0.15, 0.2) is 12.3 Å². The van der Waals surface area contributed by atoms with Gasteiger partial charge in [0.2, 0.25) is 11.6 Å². The zero-order valence-corrected chi connectivity index (χ0v) is 12.6. The standard InChI is InChI=1S/C12H10ClF3N4O3/c1-5-8(22-2)10(19-20(5)11(17)21)23-9-7(13)3-6(4-18-9)12(14,15)16/h3-4H,1-2H3,(H2,17,21). The highest BCUT2D eigenvalue weighted by molar-refractivity contribution is 6.31. The lowest BCUT2D eigenvalue weighted by molar-refractivity contribution is -0.137. The number of hydrogen-bond donors (Lipinski definition) is 1. The molecule has 2 N–H and O–H groups in total. The molecule has 0 saturated carbocycles. The SMILES string of the molecule is COc1c(Oc2ncc(C(F)(F)F)cc2Cl)nn(C(N)=O)c1C. The second kappa shape index (κ2) is 5.95. The van der Waals surface area contributed by atoms with Gasteiger partial charge in [0.1, 0.15) is 5.02 Å². The second-order valence-corrected chi connectivity index (χ2v) is 4.69. The van der Waals surface area contributed by atoms with Gasteiger partial charge in [0, 0.05) is 6.20 Å². The number of amides is 1. The Morgan fingerprint density at radius 2 is 2.04 bits per heavy atom. The third kappa shape index (κ3) is 3.31. The zero-order valence-electron chi connectivity index (χ0n) is 11.8. The van der Waals surface area contributed by atoms with Gasteiger partial charge >= 0.3 is 12.2 Å². The third-order valence-corrected chi connectivity index (χ3v) is 3.04. The van der Waals surface area contributed by atoms with Crippen LogP contribution in [-0.2, 0) is 6.18 Å². The van der Waals surface area contributed by atoms with Gasteiger partial charge in [-0.2, -0.15) is 17.9 Å². The number of carbonyl (C=O) groups is 1. The third-order valence-electron chi connectivity index (χ3n) is 2.77. The Morgan fingerprint density at radius 1 is 1.39 bits per heavy atom. The molecule has 0 aromatic carbocycles. The minimum absolute atomic E-state index is 0.0709. The molecule has 0 bridgehead atoms. The Morgan fingerprint density at radius 3 is 2.52 bits per heavy atom. The molecule has 0 radical (unpaired) electrons. The maximum atomic E-state index is 12.6. The summed E-state index contributed by atoms with van der Waals surface area (Å²) in [4.78, 5) is 14.7. The molecule has 0 atom stereocenters. The Balaban J connectivity index is 2.40. The second-order valence-electron chi connectivity index (χ2n) is 4.28. The fourth-order valence-electron chi connectivity index (χ4n) is 1.73. The van der Waals surface area contributed by atoms with Gasteiger partial charge in [-0.3, -0.25) is 0 Å². The van der Waals surface area contributed by atoms with Gasteiger partial charge in [-0.1, -0.05) is 11.6 Å². The average Bonchev–Trinajstić information content (AvgIpc) is 2.76. The summed E-state index contributed by atoms with van der Waals surface area (Å²) in [5.41, 5.74) is 4.35. The van der Waals surface area contributed by atoms with Crippen molar-refractivity contribution in [2.45, 2.75) is 13.1 Å². The quantitative estimate of drug-likeness (QED) is 0.918. The molecular weight excluding hydrogens is 341 g/mol. The number of pyridine rings is 1. The van der Waals surface area contributed by atoms with Gasteiger partial charge in [0.25, 0.3) is 5.88 Å². The molecule has 0 aliphatic rings. The normalized spacial score (nSPS) is 11.4. The van der Waals surface area contributed by atoms with Crippen LogP contribution in [0.2, 0.25) is 5.02 Å². The highest BCUT2D eigenvalue weighted by atomic mass is 35.5. The molecule has 7 nitrogen and oxygen atoms in total. The lowest BCUT2D eigenvalue weighted by Crippen LogP contribution is -2.21. The molecule has 0 saturated heterocycles. The topological polar surface area (TPSA) is 92.3 Å². The van der Waals surface area contributed by atoms with Crippen molar-refractivity contribution in [1.29, 1.82) is 0 Å². The number of halogens is 4. The zero-order chi connectivity index (χ0) is 17.4. The minimum atomic E-state index is -4.59. The predicted molar refractivity (Wildman–Crippen MR) is 72.8 cm³/mol. The fourth-order valence-corrected chi connectivity index (χ4v) is 1.93. The lowest BCUT2D eigenvalue weighted by atomic mass is 10.3. The van der Waals surface area contributed by atoms with Crippen molar-refractivity contribution in [2.75, 3.05) is 7.11 Å². The summed E-state index contributed by atoms with van der Waals surface area (Å²) < 4.78 is 48.8. The van der Waals surface area contributed by atoms with Crippen LogP contribution in [0.4, 0.5) is 18.0 Å². The smallest absolute Gasteiger partial charge is 0.417 e. The van der Waals surface area contributed by atoms with Crippen LogP contribution >= 0.6 is 11.6 Å². The van der Waals surface area contributed by atoms with Crippen molar-refractivity contribution in [2.24, 2.45) is 5.73 Å². The molecule has 2 heterocycles. The van der Waals surface area contributed by atoms with Crippen molar-refractivity contribution >= 4 is 17.6 Å². The number of methoxy groups -OCH3 is 1. The molecule has 11 heteroatoms. The molecule has 0 spiro atoms. The Hall–Kier alpha value is -2.49. The number of hydrogen-bond acceptors (Lipinski definition) is 5. The number of primary amides is 1. The number of nitrogens with zero attached hydrogens (tertiary/aromatic N) is 3. The van der Waals surface area contributed by atoms with Gasteiger partial charge in [0.05, 0.1) is 18.4 Å². The summed E-state index contributed by atoms with van der Waals surface area (Å²) >= 11 is 5.74. The van der Waals surface area contributed by atoms with Crippen LogP contribution < -0.4 is 15.2 Å². The number of alkyl halides is 3. The first kappa shape index (κ1) is 16.9. The molecule has 0 aliphatic heterocycles. The van der Waals surface area contributed by atoms with Crippen LogP contribution in [-0.4, -0.2) is 27.9 Å². The summed E-state index contributed by atoms with van der Waals surface area (Å²) in [7, 11) is 1.30. The van der Waals surface area contributed by atoms with Crippen LogP contribution in [0.5, 0.6) is 17.5 Å². The van der Waals surface area contributed by atoms with Gasteiger partial charge < -0.3 is 15.2 Å². The number of ether oxygens (including phenoxy) is 2. The molecule has 23 heavy (non-hydrogen) atoms. The first-order valence-corrected chi connectivity index (χ1v) is 6.37. The van der Waals surface area contributed by atoms with Crippen LogP contribution in [0.1, 0.15) is 11.3 Å². The van der Waals surface area contributed by atoms with E-state index in [9.17, 15) is 18.0 Å². The largest absolute Gasteiger partial charge is 0.490 e. The number of carbonyl (C=O) groups excluding carboxylic acids is 1. The molecule has 1 amide bonds. The van der Waals surface area contributed by atoms with Crippen molar-refractivity contribution < 1.29 is 27.4 Å². The molecular formula is C12H10ClF3N4O3. The van der Waals surface area contributed by atoms with Crippen LogP contribution in [0.3, 0.4) is 0 Å². The molecule has 2 aromatic rings. The first-order valence-electron chi connectivity index (χ1n) is 5.99. The molecule has 2 rings (SSSR count). The van der Waals surface area contributed by atoms with E-state index >= 15 is 0 Å². The highest BCUT2D eigenvalue weighted by Gasteiger charge is 2.32. The molecule has 0 fully saturated rings. The van der Waals surface area contributed by atoms with E-state index in [0.29, 0.717) is 12.3 Å². The first-order chi connectivity index (χ1) is 10.6. The molecule has 2 aromatic heterocycles. The van der Waals surface area contributed by atoms with E-state index in [1.165, 1.54) is 14.0 Å². The van der Waals surface area contributed by atoms with E-state index in [-0.39, 0.29) is 28.2 Å². The van der Waals surface area contributed by atoms with E-state index in [2.05, 4.69) is 10.1 Å². The lowest BCUT2D eigenvalue weighted by Gasteiger charge is -2.09. The van der Waals surface area contributed by atoms with Gasteiger partial charge in [-0.05, 0) is 13.0 Å². The maximum absolute atomic E-state index is 12.6. The molecule has 0 aliphatic carbocycles. The Bertz CT molecular complexity index is 761. The molecule has 0 unspecified atom stereocenters. The highest BCUT2D eigenvalue weighted by Crippen LogP contribution is 2.37. The Kier molecular flexibility index (Phi) is 4.37. The number of aromatic nitrogens is 3. The van der Waals surface area contributed by atoms with Gasteiger partial charge in [-0.15, -0.1) is 5.10 Å².